The van der Waals surface area contributed by atoms with Gasteiger partial charge in [-0.3, -0.25) is 0 Å². The van der Waals surface area contributed by atoms with E-state index in [9.17, 15) is 22.7 Å². The highest BCUT2D eigenvalue weighted by atomic mass is 35.5. The van der Waals surface area contributed by atoms with Gasteiger partial charge in [0.05, 0.1) is 5.02 Å². The second kappa shape index (κ2) is 5.91. The SMILES string of the molecule is OC(c1cccc(OC(F)(F)F)c1)c1cccc(Cl)c1F. The highest BCUT2D eigenvalue weighted by Crippen LogP contribution is 2.31. The number of alkyl halides is 3. The van der Waals surface area contributed by atoms with Gasteiger partial charge in [-0.15, -0.1) is 13.2 Å². The Bertz CT molecular complexity index is 643. The zero-order chi connectivity index (χ0) is 15.6. The van der Waals surface area contributed by atoms with Crippen molar-refractivity contribution in [1.82, 2.24) is 0 Å². The van der Waals surface area contributed by atoms with E-state index in [0.29, 0.717) is 0 Å². The van der Waals surface area contributed by atoms with Crippen LogP contribution in [-0.4, -0.2) is 11.5 Å². The van der Waals surface area contributed by atoms with E-state index >= 15 is 0 Å². The highest BCUT2D eigenvalue weighted by molar-refractivity contribution is 6.30. The summed E-state index contributed by atoms with van der Waals surface area (Å²) >= 11 is 5.60. The molecule has 0 aromatic heterocycles. The minimum Gasteiger partial charge on any atom is -0.406 e. The molecule has 1 unspecified atom stereocenters. The third-order valence-corrected chi connectivity index (χ3v) is 2.98. The predicted molar refractivity (Wildman–Crippen MR) is 68.6 cm³/mol. The van der Waals surface area contributed by atoms with Crippen LogP contribution >= 0.6 is 11.6 Å². The Labute approximate surface area is 122 Å². The lowest BCUT2D eigenvalue weighted by molar-refractivity contribution is -0.274. The van der Waals surface area contributed by atoms with E-state index in [1.807, 2.05) is 0 Å². The zero-order valence-electron chi connectivity index (χ0n) is 10.4. The first-order valence-corrected chi connectivity index (χ1v) is 6.13. The van der Waals surface area contributed by atoms with Crippen molar-refractivity contribution in [2.75, 3.05) is 0 Å². The smallest absolute Gasteiger partial charge is 0.406 e. The van der Waals surface area contributed by atoms with Gasteiger partial charge < -0.3 is 9.84 Å². The summed E-state index contributed by atoms with van der Waals surface area (Å²) in [5.41, 5.74) is -0.0791. The Balaban J connectivity index is 2.33. The summed E-state index contributed by atoms with van der Waals surface area (Å²) in [6.45, 7) is 0. The summed E-state index contributed by atoms with van der Waals surface area (Å²) < 4.78 is 54.0. The number of halogens is 5. The van der Waals surface area contributed by atoms with Crippen LogP contribution in [0.1, 0.15) is 17.2 Å². The fourth-order valence-electron chi connectivity index (χ4n) is 1.79. The summed E-state index contributed by atoms with van der Waals surface area (Å²) in [5.74, 6) is -1.32. The van der Waals surface area contributed by atoms with Crippen LogP contribution in [-0.2, 0) is 0 Å². The average molecular weight is 321 g/mol. The standard InChI is InChI=1S/C14H9ClF4O2/c15-11-6-2-5-10(12(11)16)13(20)8-3-1-4-9(7-8)21-14(17,18)19/h1-7,13,20H. The summed E-state index contributed by atoms with van der Waals surface area (Å²) in [7, 11) is 0. The molecular formula is C14H9ClF4O2. The molecule has 0 aliphatic carbocycles. The molecule has 0 amide bonds. The van der Waals surface area contributed by atoms with Gasteiger partial charge in [-0.25, -0.2) is 4.39 Å². The maximum Gasteiger partial charge on any atom is 0.573 e. The molecule has 2 aromatic carbocycles. The fraction of sp³-hybridized carbons (Fsp3) is 0.143. The van der Waals surface area contributed by atoms with Crippen molar-refractivity contribution in [2.45, 2.75) is 12.5 Å². The molecule has 2 nitrogen and oxygen atoms in total. The topological polar surface area (TPSA) is 29.5 Å². The molecule has 1 atom stereocenters. The Kier molecular flexibility index (Phi) is 4.39. The van der Waals surface area contributed by atoms with Gasteiger partial charge in [0.2, 0.25) is 0 Å². The van der Waals surface area contributed by atoms with Crippen LogP contribution in [0.15, 0.2) is 42.5 Å². The van der Waals surface area contributed by atoms with Gasteiger partial charge in [-0.05, 0) is 23.8 Å². The Morgan fingerprint density at radius 1 is 1.10 bits per heavy atom. The van der Waals surface area contributed by atoms with Crippen LogP contribution < -0.4 is 4.74 Å². The van der Waals surface area contributed by atoms with Crippen molar-refractivity contribution >= 4 is 11.6 Å². The lowest BCUT2D eigenvalue weighted by Gasteiger charge is -2.15. The molecular weight excluding hydrogens is 312 g/mol. The van der Waals surface area contributed by atoms with E-state index in [1.165, 1.54) is 30.3 Å². The minimum absolute atomic E-state index is 0.0536. The fourth-order valence-corrected chi connectivity index (χ4v) is 1.97. The molecule has 0 bridgehead atoms. The molecule has 0 saturated heterocycles. The molecule has 1 N–H and O–H groups in total. The van der Waals surface area contributed by atoms with Gasteiger partial charge in [-0.2, -0.15) is 0 Å². The first-order valence-electron chi connectivity index (χ1n) is 5.75. The van der Waals surface area contributed by atoms with Gasteiger partial charge in [0.1, 0.15) is 17.7 Å². The molecule has 2 aromatic rings. The van der Waals surface area contributed by atoms with Crippen LogP contribution in [0.5, 0.6) is 5.75 Å². The first-order chi connectivity index (χ1) is 9.78. The third-order valence-electron chi connectivity index (χ3n) is 2.68. The van der Waals surface area contributed by atoms with Gasteiger partial charge in [0, 0.05) is 5.56 Å². The van der Waals surface area contributed by atoms with Crippen molar-refractivity contribution < 1.29 is 27.4 Å². The number of ether oxygens (including phenoxy) is 1. The minimum atomic E-state index is -4.84. The molecule has 0 radical (unpaired) electrons. The third kappa shape index (κ3) is 3.86. The van der Waals surface area contributed by atoms with Crippen molar-refractivity contribution in [3.05, 3.63) is 64.4 Å². The summed E-state index contributed by atoms with van der Waals surface area (Å²) in [6, 6.07) is 8.71. The summed E-state index contributed by atoms with van der Waals surface area (Å²) in [5, 5.41) is 9.90. The number of hydrogen-bond donors (Lipinski definition) is 1. The Morgan fingerprint density at radius 3 is 2.43 bits per heavy atom. The highest BCUT2D eigenvalue weighted by Gasteiger charge is 2.31. The van der Waals surface area contributed by atoms with Crippen LogP contribution in [0.4, 0.5) is 17.6 Å². The second-order valence-corrected chi connectivity index (χ2v) is 4.57. The number of aliphatic hydroxyl groups is 1. The molecule has 0 aliphatic heterocycles. The zero-order valence-corrected chi connectivity index (χ0v) is 11.1. The lowest BCUT2D eigenvalue weighted by Crippen LogP contribution is -2.17. The molecule has 112 valence electrons. The van der Waals surface area contributed by atoms with Crippen molar-refractivity contribution in [3.63, 3.8) is 0 Å². The maximum atomic E-state index is 13.8. The largest absolute Gasteiger partial charge is 0.573 e. The number of benzene rings is 2. The molecule has 0 aliphatic rings. The van der Waals surface area contributed by atoms with Crippen molar-refractivity contribution in [1.29, 1.82) is 0 Å². The lowest BCUT2D eigenvalue weighted by atomic mass is 10.0. The molecule has 0 spiro atoms. The van der Waals surface area contributed by atoms with E-state index < -0.39 is 24.0 Å². The summed E-state index contributed by atoms with van der Waals surface area (Å²) in [4.78, 5) is 0. The number of hydrogen-bond acceptors (Lipinski definition) is 2. The van der Waals surface area contributed by atoms with Gasteiger partial charge in [0.25, 0.3) is 0 Å². The average Bonchev–Trinajstić information content (AvgIpc) is 2.39. The van der Waals surface area contributed by atoms with E-state index in [0.717, 1.165) is 12.1 Å². The van der Waals surface area contributed by atoms with Crippen LogP contribution in [0, 0.1) is 5.82 Å². The maximum absolute atomic E-state index is 13.8. The first kappa shape index (κ1) is 15.6. The van der Waals surface area contributed by atoms with Crippen molar-refractivity contribution in [2.24, 2.45) is 0 Å². The van der Waals surface area contributed by atoms with Gasteiger partial charge >= 0.3 is 6.36 Å². The van der Waals surface area contributed by atoms with Gasteiger partial charge in [-0.1, -0.05) is 35.9 Å². The van der Waals surface area contributed by atoms with E-state index in [2.05, 4.69) is 4.74 Å². The predicted octanol–water partition coefficient (Wildman–Crippen LogP) is 4.46. The second-order valence-electron chi connectivity index (χ2n) is 4.17. The van der Waals surface area contributed by atoms with E-state index in [4.69, 9.17) is 11.6 Å². The van der Waals surface area contributed by atoms with Gasteiger partial charge in [0.15, 0.2) is 0 Å². The normalized spacial score (nSPS) is 13.0. The molecule has 0 fully saturated rings. The van der Waals surface area contributed by atoms with Crippen LogP contribution in [0.25, 0.3) is 0 Å². The Morgan fingerprint density at radius 2 is 1.76 bits per heavy atom. The van der Waals surface area contributed by atoms with Crippen LogP contribution in [0.3, 0.4) is 0 Å². The number of rotatable bonds is 3. The Hall–Kier alpha value is -1.79. The van der Waals surface area contributed by atoms with E-state index in [-0.39, 0.29) is 16.1 Å². The molecule has 2 rings (SSSR count). The molecule has 21 heavy (non-hydrogen) atoms. The summed E-state index contributed by atoms with van der Waals surface area (Å²) in [6.07, 6.45) is -6.30. The van der Waals surface area contributed by atoms with Crippen LogP contribution in [0.2, 0.25) is 5.02 Å². The number of aliphatic hydroxyl groups excluding tert-OH is 1. The molecule has 7 heteroatoms. The monoisotopic (exact) mass is 320 g/mol. The molecule has 0 saturated carbocycles. The van der Waals surface area contributed by atoms with E-state index in [1.54, 1.807) is 0 Å². The molecule has 0 heterocycles. The quantitative estimate of drug-likeness (QED) is 0.846. The van der Waals surface area contributed by atoms with Crippen molar-refractivity contribution in [3.8, 4) is 5.75 Å².